The quantitative estimate of drug-likeness (QED) is 0.434. The van der Waals surface area contributed by atoms with Crippen molar-refractivity contribution in [3.8, 4) is 11.5 Å². The Labute approximate surface area is 181 Å². The zero-order valence-corrected chi connectivity index (χ0v) is 18.6. The zero-order valence-electron chi connectivity index (χ0n) is 17.0. The van der Waals surface area contributed by atoms with Crippen molar-refractivity contribution < 1.29 is 37.7 Å². The number of ether oxygens (including phenoxy) is 3. The molecule has 0 heterocycles. The van der Waals surface area contributed by atoms with Gasteiger partial charge in [-0.1, -0.05) is 12.1 Å². The Hall–Kier alpha value is -2.68. The summed E-state index contributed by atoms with van der Waals surface area (Å²) in [5.74, 6) is -0.988. The van der Waals surface area contributed by atoms with E-state index >= 15 is 0 Å². The van der Waals surface area contributed by atoms with E-state index in [4.69, 9.17) is 14.6 Å². The van der Waals surface area contributed by atoms with E-state index in [-0.39, 0.29) is 23.7 Å². The molecule has 0 aliphatic heterocycles. The first kappa shape index (κ1) is 25.4. The minimum absolute atomic E-state index is 0.0775. The second-order valence-corrected chi connectivity index (χ2v) is 6.89. The molecule has 2 rings (SSSR count). The molecule has 30 heavy (non-hydrogen) atoms. The van der Waals surface area contributed by atoms with E-state index in [1.54, 1.807) is 33.8 Å². The average Bonchev–Trinajstić information content (AvgIpc) is 2.65. The molecule has 0 fully saturated rings. The minimum atomic E-state index is -3.46. The van der Waals surface area contributed by atoms with Gasteiger partial charge in [-0.3, -0.25) is 0 Å². The third-order valence-electron chi connectivity index (χ3n) is 3.65. The fourth-order valence-corrected chi connectivity index (χ4v) is 2.45. The van der Waals surface area contributed by atoms with Crippen LogP contribution in [0.15, 0.2) is 36.4 Å². The lowest BCUT2D eigenvalue weighted by Crippen LogP contribution is -2.15. The largest absolute Gasteiger partial charge is 0.508 e. The number of carbonyl (C=O) groups is 2. The molecule has 0 amide bonds. The number of halogens is 3. The number of hydrogen-bond donors (Lipinski definition) is 1. The second kappa shape index (κ2) is 11.5. The summed E-state index contributed by atoms with van der Waals surface area (Å²) in [7, 11) is 0. The maximum absolute atomic E-state index is 12.6. The summed E-state index contributed by atoms with van der Waals surface area (Å²) in [5, 5.41) is 5.68. The second-order valence-electron chi connectivity index (χ2n) is 5.96. The minimum Gasteiger partial charge on any atom is -0.508 e. The summed E-state index contributed by atoms with van der Waals surface area (Å²) in [6.07, 6.45) is 0. The topological polar surface area (TPSA) is 82.1 Å². The smallest absolute Gasteiger partial charge is 0.459 e. The monoisotopic (exact) mass is 488 g/mol. The number of benzene rings is 2. The van der Waals surface area contributed by atoms with Gasteiger partial charge in [0.2, 0.25) is 0 Å². The summed E-state index contributed by atoms with van der Waals surface area (Å²) >= 11 is 2.05. The highest BCUT2D eigenvalue weighted by Crippen LogP contribution is 2.28. The Balaban J connectivity index is 0.000000311. The van der Waals surface area contributed by atoms with Gasteiger partial charge in [-0.05, 0) is 63.1 Å². The average molecular weight is 489 g/mol. The molecule has 0 bridgehead atoms. The van der Waals surface area contributed by atoms with Crippen molar-refractivity contribution in [2.24, 2.45) is 0 Å². The molecular formula is C21H23BrF2O6. The van der Waals surface area contributed by atoms with Crippen LogP contribution < -0.4 is 4.74 Å². The molecule has 6 nitrogen and oxygen atoms in total. The summed E-state index contributed by atoms with van der Waals surface area (Å²) in [6.45, 7) is 7.45. The van der Waals surface area contributed by atoms with Gasteiger partial charge in [0, 0.05) is 15.9 Å². The molecule has 0 unspecified atom stereocenters. The van der Waals surface area contributed by atoms with Gasteiger partial charge >= 0.3 is 17.0 Å². The summed E-state index contributed by atoms with van der Waals surface area (Å²) in [6, 6.07) is 8.73. The van der Waals surface area contributed by atoms with Crippen LogP contribution in [0.4, 0.5) is 8.78 Å². The van der Waals surface area contributed by atoms with E-state index < -0.39 is 17.0 Å². The zero-order chi connectivity index (χ0) is 22.9. The molecule has 0 radical (unpaired) electrons. The lowest BCUT2D eigenvalue weighted by molar-refractivity contribution is -0.0803. The molecular weight excluding hydrogens is 466 g/mol. The van der Waals surface area contributed by atoms with Crippen molar-refractivity contribution in [3.63, 3.8) is 0 Å². The van der Waals surface area contributed by atoms with Gasteiger partial charge in [0.15, 0.2) is 0 Å². The van der Waals surface area contributed by atoms with E-state index in [0.29, 0.717) is 17.7 Å². The Morgan fingerprint density at radius 2 is 1.40 bits per heavy atom. The fourth-order valence-electron chi connectivity index (χ4n) is 2.27. The molecule has 9 heteroatoms. The van der Waals surface area contributed by atoms with Gasteiger partial charge in [-0.15, -0.1) is 0 Å². The van der Waals surface area contributed by atoms with Crippen LogP contribution in [0.3, 0.4) is 0 Å². The van der Waals surface area contributed by atoms with E-state index in [1.807, 2.05) is 0 Å². The summed E-state index contributed by atoms with van der Waals surface area (Å²) < 4.78 is 39.1. The van der Waals surface area contributed by atoms with E-state index in [1.165, 1.54) is 30.3 Å². The molecule has 0 aromatic heterocycles. The highest BCUT2D eigenvalue weighted by molar-refractivity contribution is 9.09. The predicted octanol–water partition coefficient (Wildman–Crippen LogP) is 5.37. The van der Waals surface area contributed by atoms with Gasteiger partial charge in [0.05, 0.1) is 24.3 Å². The van der Waals surface area contributed by atoms with Crippen molar-refractivity contribution in [1.82, 2.24) is 0 Å². The number of carbonyl (C=O) groups excluding carboxylic acids is 2. The number of alkyl halides is 3. The third kappa shape index (κ3) is 8.36. The molecule has 164 valence electrons. The number of rotatable bonds is 6. The molecule has 0 saturated carbocycles. The van der Waals surface area contributed by atoms with E-state index in [9.17, 15) is 18.4 Å². The molecule has 0 atom stereocenters. The summed E-state index contributed by atoms with van der Waals surface area (Å²) in [4.78, 5) is 22.8. The molecule has 0 aliphatic rings. The van der Waals surface area contributed by atoms with Crippen molar-refractivity contribution in [1.29, 1.82) is 0 Å². The Morgan fingerprint density at radius 1 is 0.933 bits per heavy atom. The number of aryl methyl sites for hydroxylation is 2. The van der Waals surface area contributed by atoms with Crippen LogP contribution in [0.1, 0.15) is 45.7 Å². The number of phenols is 1. The SMILES string of the molecule is CCOC(=O)c1cc(O)ccc1C.CCOC(=O)c1cc(OC(F)(F)Br)ccc1C. The molecule has 0 saturated heterocycles. The Kier molecular flexibility index (Phi) is 9.71. The van der Waals surface area contributed by atoms with Gasteiger partial charge in [0.1, 0.15) is 11.5 Å². The first-order chi connectivity index (χ1) is 14.0. The van der Waals surface area contributed by atoms with Crippen molar-refractivity contribution >= 4 is 27.9 Å². The molecule has 1 N–H and O–H groups in total. The van der Waals surface area contributed by atoms with E-state index in [2.05, 4.69) is 20.7 Å². The van der Waals surface area contributed by atoms with Crippen LogP contribution in [0.25, 0.3) is 0 Å². The van der Waals surface area contributed by atoms with Crippen LogP contribution in [0.5, 0.6) is 11.5 Å². The van der Waals surface area contributed by atoms with Gasteiger partial charge < -0.3 is 19.3 Å². The summed E-state index contributed by atoms with van der Waals surface area (Å²) in [5.41, 5.74) is 2.06. The van der Waals surface area contributed by atoms with Gasteiger partial charge in [0.25, 0.3) is 0 Å². The lowest BCUT2D eigenvalue weighted by Gasteiger charge is -2.13. The highest BCUT2D eigenvalue weighted by Gasteiger charge is 2.27. The lowest BCUT2D eigenvalue weighted by atomic mass is 10.1. The van der Waals surface area contributed by atoms with Crippen molar-refractivity contribution in [2.45, 2.75) is 32.7 Å². The molecule has 2 aromatic carbocycles. The first-order valence-corrected chi connectivity index (χ1v) is 9.78. The van der Waals surface area contributed by atoms with Crippen LogP contribution in [0, 0.1) is 13.8 Å². The Morgan fingerprint density at radius 3 is 1.87 bits per heavy atom. The van der Waals surface area contributed by atoms with Crippen molar-refractivity contribution in [2.75, 3.05) is 13.2 Å². The van der Waals surface area contributed by atoms with Gasteiger partial charge in [-0.25, -0.2) is 9.59 Å². The number of aromatic hydroxyl groups is 1. The number of phenolic OH excluding ortho intramolecular Hbond substituents is 1. The maximum atomic E-state index is 12.6. The number of hydrogen-bond acceptors (Lipinski definition) is 6. The van der Waals surface area contributed by atoms with E-state index in [0.717, 1.165) is 5.56 Å². The molecule has 2 aromatic rings. The Bertz CT molecular complexity index is 880. The van der Waals surface area contributed by atoms with Crippen LogP contribution in [-0.4, -0.2) is 35.3 Å². The fraction of sp³-hybridized carbons (Fsp3) is 0.333. The molecule has 0 aliphatic carbocycles. The normalized spacial score (nSPS) is 10.5. The first-order valence-electron chi connectivity index (χ1n) is 8.98. The highest BCUT2D eigenvalue weighted by atomic mass is 79.9. The standard InChI is InChI=1S/C11H11BrF2O3.C10H12O3/c1-3-16-10(15)9-6-8(5-4-7(9)2)17-11(12,13)14;1-3-13-10(12)9-6-8(11)5-4-7(9)2/h4-6H,3H2,1-2H3;4-6,11H,3H2,1-2H3. The van der Waals surface area contributed by atoms with Gasteiger partial charge in [-0.2, -0.15) is 8.78 Å². The predicted molar refractivity (Wildman–Crippen MR) is 110 cm³/mol. The molecule has 0 spiro atoms. The van der Waals surface area contributed by atoms with Crippen LogP contribution in [-0.2, 0) is 9.47 Å². The third-order valence-corrected chi connectivity index (χ3v) is 3.82. The van der Waals surface area contributed by atoms with Crippen LogP contribution in [0.2, 0.25) is 0 Å². The number of esters is 2. The van der Waals surface area contributed by atoms with Crippen LogP contribution >= 0.6 is 15.9 Å². The maximum Gasteiger partial charge on any atom is 0.459 e. The van der Waals surface area contributed by atoms with Crippen molar-refractivity contribution in [3.05, 3.63) is 58.7 Å².